The van der Waals surface area contributed by atoms with E-state index in [9.17, 15) is 23.2 Å². The standard InChI is InChI=1S/C20H16F2N2O6/c21-20(22)29-15-8-5-13(10-16(15)30-20)23-17(25)11-28-19(27)12-3-6-14(7-4-12)24-9-1-2-18(24)26/h3-8,10H,1-2,9,11H2,(H,23,25). The van der Waals surface area contributed by atoms with E-state index in [0.29, 0.717) is 18.7 Å². The predicted molar refractivity (Wildman–Crippen MR) is 99.6 cm³/mol. The third kappa shape index (κ3) is 4.17. The van der Waals surface area contributed by atoms with Crippen molar-refractivity contribution in [2.75, 3.05) is 23.4 Å². The molecule has 2 aliphatic rings. The predicted octanol–water partition coefficient (Wildman–Crippen LogP) is 2.93. The normalized spacial score (nSPS) is 16.5. The summed E-state index contributed by atoms with van der Waals surface area (Å²) in [6, 6.07) is 10.1. The van der Waals surface area contributed by atoms with Crippen molar-refractivity contribution < 1.29 is 37.4 Å². The fraction of sp³-hybridized carbons (Fsp3) is 0.250. The molecule has 30 heavy (non-hydrogen) atoms. The molecule has 2 aliphatic heterocycles. The number of hydrogen-bond donors (Lipinski definition) is 1. The Morgan fingerprint density at radius 3 is 2.53 bits per heavy atom. The number of rotatable bonds is 5. The SMILES string of the molecule is O=C(COC(=O)c1ccc(N2CCCC2=O)cc1)Nc1ccc2c(c1)OC(F)(F)O2. The van der Waals surface area contributed by atoms with Gasteiger partial charge in [-0.05, 0) is 42.8 Å². The Hall–Kier alpha value is -3.69. The van der Waals surface area contributed by atoms with E-state index in [1.54, 1.807) is 17.0 Å². The van der Waals surface area contributed by atoms with Crippen molar-refractivity contribution in [2.45, 2.75) is 19.1 Å². The van der Waals surface area contributed by atoms with Crippen LogP contribution in [0.4, 0.5) is 20.2 Å². The van der Waals surface area contributed by atoms with E-state index in [0.717, 1.165) is 6.42 Å². The Morgan fingerprint density at radius 2 is 1.83 bits per heavy atom. The molecule has 2 aromatic carbocycles. The molecule has 0 saturated carbocycles. The maximum atomic E-state index is 13.0. The highest BCUT2D eigenvalue weighted by Gasteiger charge is 2.43. The largest absolute Gasteiger partial charge is 0.586 e. The van der Waals surface area contributed by atoms with Crippen molar-refractivity contribution in [3.05, 3.63) is 48.0 Å². The van der Waals surface area contributed by atoms with Crippen molar-refractivity contribution in [1.82, 2.24) is 0 Å². The van der Waals surface area contributed by atoms with E-state index in [1.807, 2.05) is 0 Å². The zero-order chi connectivity index (χ0) is 21.3. The van der Waals surface area contributed by atoms with E-state index < -0.39 is 24.8 Å². The van der Waals surface area contributed by atoms with Crippen LogP contribution in [0.1, 0.15) is 23.2 Å². The molecule has 0 radical (unpaired) electrons. The number of esters is 1. The lowest BCUT2D eigenvalue weighted by Gasteiger charge is -2.15. The molecule has 0 aromatic heterocycles. The highest BCUT2D eigenvalue weighted by atomic mass is 19.3. The lowest BCUT2D eigenvalue weighted by molar-refractivity contribution is -0.286. The fourth-order valence-corrected chi connectivity index (χ4v) is 3.14. The van der Waals surface area contributed by atoms with Crippen LogP contribution in [-0.4, -0.2) is 37.2 Å². The first kappa shape index (κ1) is 19.6. The van der Waals surface area contributed by atoms with Gasteiger partial charge < -0.3 is 24.4 Å². The minimum absolute atomic E-state index is 0.0363. The molecule has 4 rings (SSSR count). The van der Waals surface area contributed by atoms with Crippen molar-refractivity contribution in [2.24, 2.45) is 0 Å². The molecule has 10 heteroatoms. The molecule has 0 bridgehead atoms. The number of halogens is 2. The number of ether oxygens (including phenoxy) is 3. The van der Waals surface area contributed by atoms with Crippen LogP contribution >= 0.6 is 0 Å². The van der Waals surface area contributed by atoms with Gasteiger partial charge in [-0.15, -0.1) is 8.78 Å². The van der Waals surface area contributed by atoms with Gasteiger partial charge >= 0.3 is 12.3 Å². The molecule has 0 atom stereocenters. The van der Waals surface area contributed by atoms with Gasteiger partial charge in [-0.3, -0.25) is 9.59 Å². The average Bonchev–Trinajstić information content (AvgIpc) is 3.27. The minimum atomic E-state index is -3.75. The maximum Gasteiger partial charge on any atom is 0.586 e. The van der Waals surface area contributed by atoms with E-state index in [2.05, 4.69) is 14.8 Å². The van der Waals surface area contributed by atoms with Crippen molar-refractivity contribution in [3.8, 4) is 11.5 Å². The molecular weight excluding hydrogens is 402 g/mol. The summed E-state index contributed by atoms with van der Waals surface area (Å²) in [6.45, 7) is 0.0656. The van der Waals surface area contributed by atoms with Crippen LogP contribution in [0.5, 0.6) is 11.5 Å². The number of carbonyl (C=O) groups excluding carboxylic acids is 3. The van der Waals surface area contributed by atoms with Gasteiger partial charge in [0, 0.05) is 30.4 Å². The fourth-order valence-electron chi connectivity index (χ4n) is 3.14. The van der Waals surface area contributed by atoms with Crippen LogP contribution in [0, 0.1) is 0 Å². The van der Waals surface area contributed by atoms with E-state index in [4.69, 9.17) is 4.74 Å². The number of hydrogen-bond acceptors (Lipinski definition) is 6. The van der Waals surface area contributed by atoms with Crippen LogP contribution in [0.15, 0.2) is 42.5 Å². The van der Waals surface area contributed by atoms with Gasteiger partial charge in [-0.25, -0.2) is 4.79 Å². The third-order valence-corrected chi connectivity index (χ3v) is 4.51. The summed E-state index contributed by atoms with van der Waals surface area (Å²) in [5.41, 5.74) is 1.10. The molecule has 2 aromatic rings. The average molecular weight is 418 g/mol. The van der Waals surface area contributed by atoms with Crippen LogP contribution in [0.2, 0.25) is 0 Å². The molecule has 0 unspecified atom stereocenters. The number of alkyl halides is 2. The molecule has 156 valence electrons. The van der Waals surface area contributed by atoms with Gasteiger partial charge in [-0.1, -0.05) is 0 Å². The summed E-state index contributed by atoms with van der Waals surface area (Å²) >= 11 is 0. The van der Waals surface area contributed by atoms with Gasteiger partial charge in [0.1, 0.15) is 0 Å². The first-order chi connectivity index (χ1) is 14.3. The second-order valence-corrected chi connectivity index (χ2v) is 6.65. The summed E-state index contributed by atoms with van der Waals surface area (Å²) in [5, 5.41) is 2.42. The Balaban J connectivity index is 1.30. The first-order valence-corrected chi connectivity index (χ1v) is 9.08. The topological polar surface area (TPSA) is 94.2 Å². The Bertz CT molecular complexity index is 1010. The second-order valence-electron chi connectivity index (χ2n) is 6.65. The summed E-state index contributed by atoms with van der Waals surface area (Å²) in [4.78, 5) is 37.5. The van der Waals surface area contributed by atoms with Gasteiger partial charge in [-0.2, -0.15) is 0 Å². The molecule has 0 aliphatic carbocycles. The molecule has 2 heterocycles. The Labute approximate surface area is 169 Å². The molecule has 8 nitrogen and oxygen atoms in total. The van der Waals surface area contributed by atoms with Crippen LogP contribution in [0.3, 0.4) is 0 Å². The number of amides is 2. The molecular formula is C20H16F2N2O6. The van der Waals surface area contributed by atoms with Crippen LogP contribution in [0.25, 0.3) is 0 Å². The number of nitrogens with zero attached hydrogens (tertiary/aromatic N) is 1. The molecule has 1 saturated heterocycles. The van der Waals surface area contributed by atoms with Crippen LogP contribution in [-0.2, 0) is 14.3 Å². The van der Waals surface area contributed by atoms with Gasteiger partial charge in [0.2, 0.25) is 5.91 Å². The quantitative estimate of drug-likeness (QED) is 0.751. The number of nitrogens with one attached hydrogen (secondary N) is 1. The lowest BCUT2D eigenvalue weighted by Crippen LogP contribution is -2.25. The number of benzene rings is 2. The number of fused-ring (bicyclic) bond motifs is 1. The summed E-state index contributed by atoms with van der Waals surface area (Å²) in [7, 11) is 0. The highest BCUT2D eigenvalue weighted by molar-refractivity contribution is 5.97. The Morgan fingerprint density at radius 1 is 1.10 bits per heavy atom. The van der Waals surface area contributed by atoms with Crippen LogP contribution < -0.4 is 19.7 Å². The van der Waals surface area contributed by atoms with Crippen molar-refractivity contribution in [3.63, 3.8) is 0 Å². The number of carbonyl (C=O) groups is 3. The first-order valence-electron chi connectivity index (χ1n) is 9.08. The molecule has 0 spiro atoms. The maximum absolute atomic E-state index is 13.0. The smallest absolute Gasteiger partial charge is 0.452 e. The van der Waals surface area contributed by atoms with Crippen molar-refractivity contribution in [1.29, 1.82) is 0 Å². The van der Waals surface area contributed by atoms with Gasteiger partial charge in [0.05, 0.1) is 5.56 Å². The zero-order valence-corrected chi connectivity index (χ0v) is 15.5. The molecule has 2 amide bonds. The monoisotopic (exact) mass is 418 g/mol. The summed E-state index contributed by atoms with van der Waals surface area (Å²) in [5.74, 6) is -1.70. The van der Waals surface area contributed by atoms with Gasteiger partial charge in [0.15, 0.2) is 18.1 Å². The van der Waals surface area contributed by atoms with E-state index >= 15 is 0 Å². The third-order valence-electron chi connectivity index (χ3n) is 4.51. The van der Waals surface area contributed by atoms with Gasteiger partial charge in [0.25, 0.3) is 5.91 Å². The second kappa shape index (κ2) is 7.62. The highest BCUT2D eigenvalue weighted by Crippen LogP contribution is 2.42. The molecule has 1 N–H and O–H groups in total. The summed E-state index contributed by atoms with van der Waals surface area (Å²) < 4.78 is 39.6. The number of anilines is 2. The van der Waals surface area contributed by atoms with E-state index in [-0.39, 0.29) is 28.7 Å². The minimum Gasteiger partial charge on any atom is -0.452 e. The summed E-state index contributed by atoms with van der Waals surface area (Å²) in [6.07, 6.45) is -2.45. The Kier molecular flexibility index (Phi) is 4.98. The molecule has 1 fully saturated rings. The van der Waals surface area contributed by atoms with Crippen molar-refractivity contribution >= 4 is 29.2 Å². The van der Waals surface area contributed by atoms with E-state index in [1.165, 1.54) is 30.3 Å². The zero-order valence-electron chi connectivity index (χ0n) is 15.5. The lowest BCUT2D eigenvalue weighted by atomic mass is 10.2.